The van der Waals surface area contributed by atoms with Crippen LogP contribution in [0.1, 0.15) is 27.7 Å². The van der Waals surface area contributed by atoms with Crippen molar-refractivity contribution in [2.75, 3.05) is 0 Å². The Balaban J connectivity index is 4.50. The largest absolute Gasteiger partial charge is 0.294 e. The molecule has 0 aliphatic rings. The Morgan fingerprint density at radius 3 is 2.09 bits per heavy atom. The van der Waals surface area contributed by atoms with E-state index in [2.05, 4.69) is 6.58 Å². The number of carbonyl (C=O) groups is 1. The summed E-state index contributed by atoms with van der Waals surface area (Å²) in [6.07, 6.45) is 3.33. The molecule has 0 aromatic heterocycles. The summed E-state index contributed by atoms with van der Waals surface area (Å²) in [6, 6.07) is 0. The van der Waals surface area contributed by atoms with Gasteiger partial charge in [0.15, 0.2) is 5.78 Å². The summed E-state index contributed by atoms with van der Waals surface area (Å²) < 4.78 is 0. The maximum absolute atomic E-state index is 11.4. The molecule has 0 aromatic rings. The van der Waals surface area contributed by atoms with Gasteiger partial charge in [-0.15, -0.1) is 6.58 Å². The zero-order valence-electron chi connectivity index (χ0n) is 7.77. The zero-order chi connectivity index (χ0) is 9.07. The molecule has 0 radical (unpaired) electrons. The van der Waals surface area contributed by atoms with Crippen LogP contribution in [0.2, 0.25) is 0 Å². The molecule has 0 amide bonds. The molecule has 0 aliphatic heterocycles. The molecule has 1 nitrogen and oxygen atoms in total. The Bertz CT molecular complexity index is 193. The molecule has 0 saturated carbocycles. The Labute approximate surface area is 68.8 Å². The van der Waals surface area contributed by atoms with Gasteiger partial charge in [0.25, 0.3) is 0 Å². The van der Waals surface area contributed by atoms with Crippen molar-refractivity contribution in [3.05, 3.63) is 24.3 Å². The monoisotopic (exact) mass is 152 g/mol. The van der Waals surface area contributed by atoms with Crippen molar-refractivity contribution < 1.29 is 4.79 Å². The van der Waals surface area contributed by atoms with Crippen molar-refractivity contribution in [2.24, 2.45) is 5.41 Å². The van der Waals surface area contributed by atoms with E-state index < -0.39 is 5.41 Å². The van der Waals surface area contributed by atoms with Crippen LogP contribution in [-0.2, 0) is 4.79 Å². The lowest BCUT2D eigenvalue weighted by Gasteiger charge is -2.15. The van der Waals surface area contributed by atoms with Gasteiger partial charge in [-0.05, 0) is 33.8 Å². The first-order chi connectivity index (χ1) is 4.90. The average Bonchev–Trinajstić information content (AvgIpc) is 1.86. The predicted molar refractivity (Wildman–Crippen MR) is 48.4 cm³/mol. The molecular formula is C10H16O. The van der Waals surface area contributed by atoms with E-state index in [1.807, 2.05) is 27.7 Å². The fraction of sp³-hybridized carbons (Fsp3) is 0.500. The topological polar surface area (TPSA) is 17.1 Å². The van der Waals surface area contributed by atoms with Gasteiger partial charge < -0.3 is 0 Å². The van der Waals surface area contributed by atoms with Gasteiger partial charge in [-0.2, -0.15) is 0 Å². The second kappa shape index (κ2) is 3.51. The molecule has 62 valence electrons. The van der Waals surface area contributed by atoms with Crippen molar-refractivity contribution in [3.8, 4) is 0 Å². The van der Waals surface area contributed by atoms with Crippen molar-refractivity contribution in [2.45, 2.75) is 27.7 Å². The van der Waals surface area contributed by atoms with Gasteiger partial charge in [-0.3, -0.25) is 4.79 Å². The van der Waals surface area contributed by atoms with Crippen LogP contribution in [0.3, 0.4) is 0 Å². The Morgan fingerprint density at radius 1 is 1.36 bits per heavy atom. The van der Waals surface area contributed by atoms with E-state index in [0.29, 0.717) is 0 Å². The van der Waals surface area contributed by atoms with Crippen LogP contribution in [0.5, 0.6) is 0 Å². The molecular weight excluding hydrogens is 136 g/mol. The van der Waals surface area contributed by atoms with Gasteiger partial charge in [0.1, 0.15) is 0 Å². The van der Waals surface area contributed by atoms with Crippen LogP contribution in [0.25, 0.3) is 0 Å². The second-order valence-electron chi connectivity index (χ2n) is 3.51. The standard InChI is InChI=1S/C10H16O/c1-6-10(4,5)9(11)7-8(2)3/h6-7H,1H2,2-5H3. The maximum atomic E-state index is 11.4. The van der Waals surface area contributed by atoms with E-state index in [1.165, 1.54) is 0 Å². The third-order valence-corrected chi connectivity index (χ3v) is 1.57. The smallest absolute Gasteiger partial charge is 0.164 e. The minimum absolute atomic E-state index is 0.118. The van der Waals surface area contributed by atoms with E-state index in [-0.39, 0.29) is 5.78 Å². The molecule has 0 aliphatic carbocycles. The van der Waals surface area contributed by atoms with E-state index in [9.17, 15) is 4.79 Å². The van der Waals surface area contributed by atoms with E-state index in [0.717, 1.165) is 5.57 Å². The molecule has 0 aromatic carbocycles. The normalized spacial score (nSPS) is 10.5. The van der Waals surface area contributed by atoms with Gasteiger partial charge in [0, 0.05) is 5.41 Å². The number of ketones is 1. The quantitative estimate of drug-likeness (QED) is 0.449. The highest BCUT2D eigenvalue weighted by atomic mass is 16.1. The minimum Gasteiger partial charge on any atom is -0.294 e. The summed E-state index contributed by atoms with van der Waals surface area (Å²) in [5, 5.41) is 0. The predicted octanol–water partition coefficient (Wildman–Crippen LogP) is 2.73. The highest BCUT2D eigenvalue weighted by Crippen LogP contribution is 2.18. The first kappa shape index (κ1) is 10.2. The Kier molecular flexibility index (Phi) is 3.24. The maximum Gasteiger partial charge on any atom is 0.164 e. The summed E-state index contributed by atoms with van der Waals surface area (Å²) >= 11 is 0. The van der Waals surface area contributed by atoms with Crippen LogP contribution in [-0.4, -0.2) is 5.78 Å². The number of hydrogen-bond donors (Lipinski definition) is 0. The van der Waals surface area contributed by atoms with Crippen molar-refractivity contribution in [1.82, 2.24) is 0 Å². The van der Waals surface area contributed by atoms with Crippen LogP contribution in [0.4, 0.5) is 0 Å². The van der Waals surface area contributed by atoms with Gasteiger partial charge in [0.05, 0.1) is 0 Å². The minimum atomic E-state index is -0.419. The SMILES string of the molecule is C=CC(C)(C)C(=O)C=C(C)C. The lowest BCUT2D eigenvalue weighted by Crippen LogP contribution is -2.19. The first-order valence-corrected chi connectivity index (χ1v) is 3.73. The van der Waals surface area contributed by atoms with Gasteiger partial charge in [-0.25, -0.2) is 0 Å². The highest BCUT2D eigenvalue weighted by molar-refractivity contribution is 5.96. The third-order valence-electron chi connectivity index (χ3n) is 1.57. The van der Waals surface area contributed by atoms with E-state index in [1.54, 1.807) is 12.2 Å². The van der Waals surface area contributed by atoms with Crippen LogP contribution in [0.15, 0.2) is 24.3 Å². The lowest BCUT2D eigenvalue weighted by molar-refractivity contribution is -0.120. The molecule has 0 rings (SSSR count). The summed E-state index contributed by atoms with van der Waals surface area (Å²) in [5.74, 6) is 0.118. The first-order valence-electron chi connectivity index (χ1n) is 3.73. The molecule has 0 atom stereocenters. The molecule has 11 heavy (non-hydrogen) atoms. The number of rotatable bonds is 3. The molecule has 0 N–H and O–H groups in total. The zero-order valence-corrected chi connectivity index (χ0v) is 7.77. The van der Waals surface area contributed by atoms with Crippen molar-refractivity contribution in [1.29, 1.82) is 0 Å². The van der Waals surface area contributed by atoms with Crippen molar-refractivity contribution >= 4 is 5.78 Å². The van der Waals surface area contributed by atoms with Crippen molar-refractivity contribution in [3.63, 3.8) is 0 Å². The number of carbonyl (C=O) groups excluding carboxylic acids is 1. The average molecular weight is 152 g/mol. The third kappa shape index (κ3) is 3.17. The molecule has 0 bridgehead atoms. The summed E-state index contributed by atoms with van der Waals surface area (Å²) in [4.78, 5) is 11.4. The van der Waals surface area contributed by atoms with Gasteiger partial charge >= 0.3 is 0 Å². The Hall–Kier alpha value is -0.850. The molecule has 0 spiro atoms. The molecule has 0 fully saturated rings. The second-order valence-corrected chi connectivity index (χ2v) is 3.51. The van der Waals surface area contributed by atoms with Crippen LogP contribution in [0, 0.1) is 5.41 Å². The lowest BCUT2D eigenvalue weighted by atomic mass is 9.87. The van der Waals surface area contributed by atoms with Gasteiger partial charge in [0.2, 0.25) is 0 Å². The molecule has 1 heteroatoms. The van der Waals surface area contributed by atoms with E-state index >= 15 is 0 Å². The summed E-state index contributed by atoms with van der Waals surface area (Å²) in [5.41, 5.74) is 0.613. The summed E-state index contributed by atoms with van der Waals surface area (Å²) in [6.45, 7) is 11.2. The number of hydrogen-bond acceptors (Lipinski definition) is 1. The van der Waals surface area contributed by atoms with E-state index in [4.69, 9.17) is 0 Å². The Morgan fingerprint density at radius 2 is 1.82 bits per heavy atom. The molecule has 0 heterocycles. The van der Waals surface area contributed by atoms with Crippen LogP contribution >= 0.6 is 0 Å². The van der Waals surface area contributed by atoms with Gasteiger partial charge in [-0.1, -0.05) is 11.6 Å². The summed E-state index contributed by atoms with van der Waals surface area (Å²) in [7, 11) is 0. The van der Waals surface area contributed by atoms with Crippen LogP contribution < -0.4 is 0 Å². The molecule has 0 unspecified atom stereocenters. The molecule has 0 saturated heterocycles. The highest BCUT2D eigenvalue weighted by Gasteiger charge is 2.20. The fourth-order valence-electron chi connectivity index (χ4n) is 0.549. The number of allylic oxidation sites excluding steroid dienone is 3. The fourth-order valence-corrected chi connectivity index (χ4v) is 0.549.